The first-order chi connectivity index (χ1) is 8.97. The molecule has 0 spiro atoms. The highest BCUT2D eigenvalue weighted by Crippen LogP contribution is 2.25. The van der Waals surface area contributed by atoms with Crippen LogP contribution in [0.1, 0.15) is 24.1 Å². The number of hydrogen-bond acceptors (Lipinski definition) is 2. The Morgan fingerprint density at radius 3 is 2.68 bits per heavy atom. The molecule has 1 atom stereocenters. The van der Waals surface area contributed by atoms with Gasteiger partial charge in [0.25, 0.3) is 0 Å². The molecule has 0 saturated heterocycles. The van der Waals surface area contributed by atoms with Crippen LogP contribution in [0.15, 0.2) is 39.5 Å². The summed E-state index contributed by atoms with van der Waals surface area (Å²) in [6.07, 6.45) is 1.73. The van der Waals surface area contributed by atoms with Crippen LogP contribution >= 0.6 is 31.9 Å². The standard InChI is InChI=1S/C14H13Br2FN2/c1-8-5-11(7-18-14(8)16)19-9(2)12-6-10(15)3-4-13(12)17/h3-7,9,19H,1-2H3. The van der Waals surface area contributed by atoms with Crippen molar-refractivity contribution < 1.29 is 4.39 Å². The van der Waals surface area contributed by atoms with Crippen LogP contribution in [0.3, 0.4) is 0 Å². The summed E-state index contributed by atoms with van der Waals surface area (Å²) in [5, 5.41) is 3.25. The second kappa shape index (κ2) is 6.01. The Hall–Kier alpha value is -0.940. The average molecular weight is 388 g/mol. The molecule has 1 N–H and O–H groups in total. The van der Waals surface area contributed by atoms with E-state index >= 15 is 0 Å². The second-order valence-electron chi connectivity index (χ2n) is 4.36. The molecule has 1 unspecified atom stereocenters. The minimum Gasteiger partial charge on any atom is -0.377 e. The van der Waals surface area contributed by atoms with Crippen LogP contribution in [0.5, 0.6) is 0 Å². The predicted molar refractivity (Wildman–Crippen MR) is 82.8 cm³/mol. The molecule has 1 aromatic carbocycles. The summed E-state index contributed by atoms with van der Waals surface area (Å²) in [6.45, 7) is 3.88. The fourth-order valence-corrected chi connectivity index (χ4v) is 2.41. The summed E-state index contributed by atoms with van der Waals surface area (Å²) < 4.78 is 15.5. The van der Waals surface area contributed by atoms with Crippen LogP contribution < -0.4 is 5.32 Å². The molecule has 5 heteroatoms. The maximum absolute atomic E-state index is 13.8. The summed E-state index contributed by atoms with van der Waals surface area (Å²) in [5.41, 5.74) is 2.52. The van der Waals surface area contributed by atoms with Gasteiger partial charge in [-0.1, -0.05) is 15.9 Å². The van der Waals surface area contributed by atoms with Gasteiger partial charge < -0.3 is 5.32 Å². The molecule has 0 aliphatic carbocycles. The number of aromatic nitrogens is 1. The Kier molecular flexibility index (Phi) is 4.58. The Balaban J connectivity index is 2.22. The SMILES string of the molecule is Cc1cc(NC(C)c2cc(Br)ccc2F)cnc1Br. The number of rotatable bonds is 3. The van der Waals surface area contributed by atoms with Crippen LogP contribution in [0.2, 0.25) is 0 Å². The molecular formula is C14H13Br2FN2. The fourth-order valence-electron chi connectivity index (χ4n) is 1.81. The first kappa shape index (κ1) is 14.5. The Morgan fingerprint density at radius 1 is 1.26 bits per heavy atom. The third-order valence-corrected chi connectivity index (χ3v) is 4.15. The molecule has 100 valence electrons. The van der Waals surface area contributed by atoms with Crippen LogP contribution in [-0.2, 0) is 0 Å². The summed E-state index contributed by atoms with van der Waals surface area (Å²) in [7, 11) is 0. The van der Waals surface area contributed by atoms with E-state index < -0.39 is 0 Å². The van der Waals surface area contributed by atoms with Crippen molar-refractivity contribution in [3.63, 3.8) is 0 Å². The van der Waals surface area contributed by atoms with Gasteiger partial charge in [-0.2, -0.15) is 0 Å². The lowest BCUT2D eigenvalue weighted by Gasteiger charge is -2.17. The van der Waals surface area contributed by atoms with E-state index in [0.717, 1.165) is 20.3 Å². The van der Waals surface area contributed by atoms with E-state index in [1.165, 1.54) is 6.07 Å². The number of nitrogens with zero attached hydrogens (tertiary/aromatic N) is 1. The second-order valence-corrected chi connectivity index (χ2v) is 6.03. The number of nitrogens with one attached hydrogen (secondary N) is 1. The third kappa shape index (κ3) is 3.54. The van der Waals surface area contributed by atoms with Gasteiger partial charge in [-0.15, -0.1) is 0 Å². The molecule has 2 nitrogen and oxygen atoms in total. The maximum Gasteiger partial charge on any atom is 0.128 e. The van der Waals surface area contributed by atoms with Crippen LogP contribution in [-0.4, -0.2) is 4.98 Å². The maximum atomic E-state index is 13.8. The van der Waals surface area contributed by atoms with Crippen molar-refractivity contribution in [1.82, 2.24) is 4.98 Å². The number of anilines is 1. The normalized spacial score (nSPS) is 12.3. The lowest BCUT2D eigenvalue weighted by molar-refractivity contribution is 0.600. The van der Waals surface area contributed by atoms with Crippen LogP contribution in [0.25, 0.3) is 0 Å². The summed E-state index contributed by atoms with van der Waals surface area (Å²) in [6, 6.07) is 6.77. The van der Waals surface area contributed by atoms with E-state index in [2.05, 4.69) is 42.2 Å². The van der Waals surface area contributed by atoms with Gasteiger partial charge in [0.2, 0.25) is 0 Å². The number of halogens is 3. The first-order valence-electron chi connectivity index (χ1n) is 5.81. The molecule has 0 aliphatic heterocycles. The van der Waals surface area contributed by atoms with Crippen LogP contribution in [0.4, 0.5) is 10.1 Å². The molecule has 0 amide bonds. The predicted octanol–water partition coefficient (Wildman–Crippen LogP) is 5.23. The highest BCUT2D eigenvalue weighted by atomic mass is 79.9. The van der Waals surface area contributed by atoms with Gasteiger partial charge in [-0.25, -0.2) is 9.37 Å². The Labute approximate surface area is 128 Å². The zero-order valence-electron chi connectivity index (χ0n) is 10.5. The highest BCUT2D eigenvalue weighted by molar-refractivity contribution is 9.10. The molecule has 2 rings (SSSR count). The van der Waals surface area contributed by atoms with Crippen molar-refractivity contribution in [2.45, 2.75) is 19.9 Å². The van der Waals surface area contributed by atoms with Crippen molar-refractivity contribution in [3.05, 3.63) is 56.5 Å². The molecule has 0 radical (unpaired) electrons. The average Bonchev–Trinajstić information content (AvgIpc) is 2.36. The van der Waals surface area contributed by atoms with Crippen molar-refractivity contribution in [2.24, 2.45) is 0 Å². The first-order valence-corrected chi connectivity index (χ1v) is 7.39. The van der Waals surface area contributed by atoms with E-state index in [1.54, 1.807) is 18.3 Å². The molecule has 1 aromatic heterocycles. The number of hydrogen-bond donors (Lipinski definition) is 1. The van der Waals surface area contributed by atoms with Gasteiger partial charge in [-0.05, 0) is 59.6 Å². The fraction of sp³-hybridized carbons (Fsp3) is 0.214. The molecule has 0 fully saturated rings. The highest BCUT2D eigenvalue weighted by Gasteiger charge is 2.12. The molecule has 0 saturated carbocycles. The summed E-state index contributed by atoms with van der Waals surface area (Å²) in [5.74, 6) is -0.218. The number of pyridine rings is 1. The largest absolute Gasteiger partial charge is 0.377 e. The van der Waals surface area contributed by atoms with Crippen molar-refractivity contribution >= 4 is 37.5 Å². The van der Waals surface area contributed by atoms with Crippen molar-refractivity contribution in [3.8, 4) is 0 Å². The van der Waals surface area contributed by atoms with E-state index in [-0.39, 0.29) is 11.9 Å². The van der Waals surface area contributed by atoms with Gasteiger partial charge in [0.05, 0.1) is 17.9 Å². The van der Waals surface area contributed by atoms with E-state index in [0.29, 0.717) is 5.56 Å². The smallest absolute Gasteiger partial charge is 0.128 e. The van der Waals surface area contributed by atoms with Crippen LogP contribution in [0, 0.1) is 12.7 Å². The monoisotopic (exact) mass is 386 g/mol. The molecule has 1 heterocycles. The summed E-state index contributed by atoms with van der Waals surface area (Å²) in [4.78, 5) is 4.22. The molecule has 0 aliphatic rings. The molecule has 2 aromatic rings. The lowest BCUT2D eigenvalue weighted by Crippen LogP contribution is -2.09. The number of aryl methyl sites for hydroxylation is 1. The number of benzene rings is 1. The third-order valence-electron chi connectivity index (χ3n) is 2.82. The van der Waals surface area contributed by atoms with Gasteiger partial charge in [-0.3, -0.25) is 0 Å². The van der Waals surface area contributed by atoms with Crippen molar-refractivity contribution in [1.29, 1.82) is 0 Å². The van der Waals surface area contributed by atoms with Gasteiger partial charge >= 0.3 is 0 Å². The summed E-state index contributed by atoms with van der Waals surface area (Å²) >= 11 is 6.71. The lowest BCUT2D eigenvalue weighted by atomic mass is 10.1. The Morgan fingerprint density at radius 2 is 2.00 bits per heavy atom. The zero-order chi connectivity index (χ0) is 14.0. The van der Waals surface area contributed by atoms with Crippen molar-refractivity contribution in [2.75, 3.05) is 5.32 Å². The molecular weight excluding hydrogens is 375 g/mol. The van der Waals surface area contributed by atoms with E-state index in [9.17, 15) is 4.39 Å². The van der Waals surface area contributed by atoms with Gasteiger partial charge in [0.1, 0.15) is 10.4 Å². The molecule has 19 heavy (non-hydrogen) atoms. The Bertz CT molecular complexity index is 602. The quantitative estimate of drug-likeness (QED) is 0.729. The van der Waals surface area contributed by atoms with E-state index in [4.69, 9.17) is 0 Å². The zero-order valence-corrected chi connectivity index (χ0v) is 13.7. The van der Waals surface area contributed by atoms with E-state index in [1.807, 2.05) is 19.9 Å². The minimum absolute atomic E-state index is 0.139. The van der Waals surface area contributed by atoms with Gasteiger partial charge in [0.15, 0.2) is 0 Å². The topological polar surface area (TPSA) is 24.9 Å². The van der Waals surface area contributed by atoms with Gasteiger partial charge in [0, 0.05) is 10.0 Å². The molecule has 0 bridgehead atoms. The minimum atomic E-state index is -0.218.